The molecule has 1 rings (SSSR count). The number of ether oxygens (including phenoxy) is 3. The predicted molar refractivity (Wildman–Crippen MR) is 126 cm³/mol. The van der Waals surface area contributed by atoms with Gasteiger partial charge in [0, 0.05) is 26.7 Å². The highest BCUT2D eigenvalue weighted by Crippen LogP contribution is 2.28. The smallest absolute Gasteiger partial charge is 0.191 e. The van der Waals surface area contributed by atoms with Gasteiger partial charge in [0.25, 0.3) is 0 Å². The minimum Gasteiger partial charge on any atom is -0.493 e. The fourth-order valence-corrected chi connectivity index (χ4v) is 2.54. The van der Waals surface area contributed by atoms with E-state index in [4.69, 9.17) is 14.2 Å². The SMILES string of the molecule is CCNC(=NCc1ccc(OCCN(CC)CC)c(OC)c1)NCCOC.I. The summed E-state index contributed by atoms with van der Waals surface area (Å²) in [5.74, 6) is 2.27. The number of aliphatic imine (C=N–C) groups is 1. The van der Waals surface area contributed by atoms with Gasteiger partial charge in [0.15, 0.2) is 17.5 Å². The molecule has 0 bridgehead atoms. The van der Waals surface area contributed by atoms with E-state index in [9.17, 15) is 0 Å². The molecule has 162 valence electrons. The van der Waals surface area contributed by atoms with E-state index in [0.717, 1.165) is 49.2 Å². The lowest BCUT2D eigenvalue weighted by atomic mass is 10.2. The van der Waals surface area contributed by atoms with Crippen LogP contribution in [0.1, 0.15) is 26.3 Å². The third-order valence-corrected chi connectivity index (χ3v) is 4.15. The largest absolute Gasteiger partial charge is 0.493 e. The Labute approximate surface area is 187 Å². The quantitative estimate of drug-likeness (QED) is 0.185. The Morgan fingerprint density at radius 2 is 1.79 bits per heavy atom. The maximum Gasteiger partial charge on any atom is 0.191 e. The maximum absolute atomic E-state index is 5.91. The second-order valence-electron chi connectivity index (χ2n) is 5.98. The number of rotatable bonds is 13. The molecule has 0 fully saturated rings. The molecule has 0 heterocycles. The van der Waals surface area contributed by atoms with Gasteiger partial charge in [-0.05, 0) is 37.7 Å². The lowest BCUT2D eigenvalue weighted by Crippen LogP contribution is -2.38. The molecule has 1 aromatic rings. The number of hydrogen-bond donors (Lipinski definition) is 2. The highest BCUT2D eigenvalue weighted by Gasteiger charge is 2.07. The van der Waals surface area contributed by atoms with E-state index in [-0.39, 0.29) is 24.0 Å². The molecule has 0 atom stereocenters. The van der Waals surface area contributed by atoms with Gasteiger partial charge in [0.1, 0.15) is 6.61 Å². The van der Waals surface area contributed by atoms with Crippen LogP contribution in [0.4, 0.5) is 0 Å². The third kappa shape index (κ3) is 10.3. The number of likely N-dealkylation sites (N-methyl/N-ethyl adjacent to an activating group) is 1. The zero-order chi connectivity index (χ0) is 19.9. The third-order valence-electron chi connectivity index (χ3n) is 4.15. The van der Waals surface area contributed by atoms with Gasteiger partial charge < -0.3 is 29.7 Å². The Morgan fingerprint density at radius 3 is 2.39 bits per heavy atom. The summed E-state index contributed by atoms with van der Waals surface area (Å²) < 4.78 is 16.5. The van der Waals surface area contributed by atoms with Crippen LogP contribution >= 0.6 is 24.0 Å². The van der Waals surface area contributed by atoms with Crippen molar-refractivity contribution in [1.29, 1.82) is 0 Å². The fourth-order valence-electron chi connectivity index (χ4n) is 2.54. The second-order valence-corrected chi connectivity index (χ2v) is 5.98. The molecule has 0 saturated heterocycles. The van der Waals surface area contributed by atoms with E-state index < -0.39 is 0 Å². The van der Waals surface area contributed by atoms with Gasteiger partial charge >= 0.3 is 0 Å². The van der Waals surface area contributed by atoms with Crippen LogP contribution in [0.25, 0.3) is 0 Å². The van der Waals surface area contributed by atoms with Crippen molar-refractivity contribution in [2.24, 2.45) is 4.99 Å². The van der Waals surface area contributed by atoms with Crippen molar-refractivity contribution in [3.8, 4) is 11.5 Å². The van der Waals surface area contributed by atoms with Crippen molar-refractivity contribution in [3.05, 3.63) is 23.8 Å². The molecule has 28 heavy (non-hydrogen) atoms. The van der Waals surface area contributed by atoms with Gasteiger partial charge in [-0.15, -0.1) is 24.0 Å². The summed E-state index contributed by atoms with van der Waals surface area (Å²) in [6.07, 6.45) is 0. The van der Waals surface area contributed by atoms with Crippen molar-refractivity contribution in [2.75, 3.05) is 60.2 Å². The van der Waals surface area contributed by atoms with Crippen LogP contribution in [0.3, 0.4) is 0 Å². The molecule has 8 heteroatoms. The Kier molecular flexibility index (Phi) is 15.9. The lowest BCUT2D eigenvalue weighted by molar-refractivity contribution is 0.203. The van der Waals surface area contributed by atoms with Crippen LogP contribution < -0.4 is 20.1 Å². The Balaban J connectivity index is 0.00000729. The van der Waals surface area contributed by atoms with Gasteiger partial charge in [0.2, 0.25) is 0 Å². The molecule has 0 aliphatic rings. The monoisotopic (exact) mass is 508 g/mol. The van der Waals surface area contributed by atoms with Crippen LogP contribution in [0.15, 0.2) is 23.2 Å². The first kappa shape index (κ1) is 26.7. The average Bonchev–Trinajstić information content (AvgIpc) is 2.70. The first-order valence-electron chi connectivity index (χ1n) is 9.71. The number of hydrogen-bond acceptors (Lipinski definition) is 5. The standard InChI is InChI=1S/C20H36N4O3.HI/c1-6-21-20(22-11-13-25-4)23-16-17-9-10-18(19(15-17)26-5)27-14-12-24(7-2)8-3;/h9-10,15H,6-8,11-14,16H2,1-5H3,(H2,21,22,23);1H. The van der Waals surface area contributed by atoms with E-state index in [1.807, 2.05) is 25.1 Å². The van der Waals surface area contributed by atoms with E-state index in [1.54, 1.807) is 14.2 Å². The van der Waals surface area contributed by atoms with Crippen LogP contribution in [0.2, 0.25) is 0 Å². The van der Waals surface area contributed by atoms with Crippen LogP contribution in [-0.4, -0.2) is 71.0 Å². The first-order chi connectivity index (χ1) is 13.2. The number of methoxy groups -OCH3 is 2. The zero-order valence-corrected chi connectivity index (χ0v) is 20.2. The molecule has 2 N–H and O–H groups in total. The van der Waals surface area contributed by atoms with Crippen LogP contribution in [0.5, 0.6) is 11.5 Å². The molecule has 0 aromatic heterocycles. The van der Waals surface area contributed by atoms with Gasteiger partial charge in [-0.2, -0.15) is 0 Å². The summed E-state index contributed by atoms with van der Waals surface area (Å²) in [5, 5.41) is 6.46. The summed E-state index contributed by atoms with van der Waals surface area (Å²) in [5.41, 5.74) is 1.06. The molecule has 0 aliphatic heterocycles. The molecule has 0 spiro atoms. The van der Waals surface area contributed by atoms with Crippen molar-refractivity contribution in [2.45, 2.75) is 27.3 Å². The van der Waals surface area contributed by atoms with Crippen LogP contribution in [-0.2, 0) is 11.3 Å². The minimum atomic E-state index is 0. The molecular formula is C20H37IN4O3. The van der Waals surface area contributed by atoms with Crippen molar-refractivity contribution in [1.82, 2.24) is 15.5 Å². The van der Waals surface area contributed by atoms with Crippen molar-refractivity contribution in [3.63, 3.8) is 0 Å². The number of nitrogens with zero attached hydrogens (tertiary/aromatic N) is 2. The van der Waals surface area contributed by atoms with Crippen molar-refractivity contribution >= 4 is 29.9 Å². The maximum atomic E-state index is 5.91. The highest BCUT2D eigenvalue weighted by molar-refractivity contribution is 14.0. The Bertz CT molecular complexity index is 554. The Morgan fingerprint density at radius 1 is 1.04 bits per heavy atom. The summed E-state index contributed by atoms with van der Waals surface area (Å²) in [4.78, 5) is 6.93. The predicted octanol–water partition coefficient (Wildman–Crippen LogP) is 2.74. The van der Waals surface area contributed by atoms with E-state index in [2.05, 4.69) is 34.4 Å². The average molecular weight is 508 g/mol. The van der Waals surface area contributed by atoms with Crippen LogP contribution in [0, 0.1) is 0 Å². The molecule has 0 aliphatic carbocycles. The molecule has 0 unspecified atom stereocenters. The molecular weight excluding hydrogens is 471 g/mol. The zero-order valence-electron chi connectivity index (χ0n) is 17.9. The van der Waals surface area contributed by atoms with E-state index in [1.165, 1.54) is 0 Å². The number of halogens is 1. The summed E-state index contributed by atoms with van der Waals surface area (Å²) >= 11 is 0. The molecule has 7 nitrogen and oxygen atoms in total. The van der Waals surface area contributed by atoms with Gasteiger partial charge in [-0.1, -0.05) is 19.9 Å². The topological polar surface area (TPSA) is 67.4 Å². The second kappa shape index (κ2) is 16.7. The molecule has 0 amide bonds. The Hall–Kier alpha value is -1.26. The number of nitrogens with one attached hydrogen (secondary N) is 2. The summed E-state index contributed by atoms with van der Waals surface area (Å²) in [7, 11) is 3.35. The first-order valence-corrected chi connectivity index (χ1v) is 9.71. The fraction of sp³-hybridized carbons (Fsp3) is 0.650. The van der Waals surface area contributed by atoms with Crippen molar-refractivity contribution < 1.29 is 14.2 Å². The van der Waals surface area contributed by atoms with Gasteiger partial charge in [-0.25, -0.2) is 4.99 Å². The number of guanidine groups is 1. The summed E-state index contributed by atoms with van der Waals surface area (Å²) in [6.45, 7) is 12.7. The molecule has 0 saturated carbocycles. The lowest BCUT2D eigenvalue weighted by Gasteiger charge is -2.19. The molecule has 1 aromatic carbocycles. The minimum absolute atomic E-state index is 0. The highest BCUT2D eigenvalue weighted by atomic mass is 127. The normalized spacial score (nSPS) is 11.1. The van der Waals surface area contributed by atoms with E-state index >= 15 is 0 Å². The van der Waals surface area contributed by atoms with Gasteiger partial charge in [0.05, 0.1) is 20.3 Å². The number of benzene rings is 1. The van der Waals surface area contributed by atoms with E-state index in [0.29, 0.717) is 26.3 Å². The summed E-state index contributed by atoms with van der Waals surface area (Å²) in [6, 6.07) is 5.96. The molecule has 0 radical (unpaired) electrons. The van der Waals surface area contributed by atoms with Gasteiger partial charge in [-0.3, -0.25) is 0 Å².